The Kier molecular flexibility index (Phi) is 6.49. The first-order chi connectivity index (χ1) is 9.52. The molecule has 0 unspecified atom stereocenters. The van der Waals surface area contributed by atoms with E-state index in [0.717, 1.165) is 6.42 Å². The van der Waals surface area contributed by atoms with E-state index in [2.05, 4.69) is 11.4 Å². The van der Waals surface area contributed by atoms with E-state index in [9.17, 15) is 10.1 Å². The molecule has 0 bridgehead atoms. The molecule has 0 amide bonds. The number of ketones is 1. The fourth-order valence-corrected chi connectivity index (χ4v) is 2.83. The molecule has 0 aliphatic heterocycles. The molecule has 1 rings (SSSR count). The van der Waals surface area contributed by atoms with Gasteiger partial charge in [0.1, 0.15) is 16.6 Å². The fraction of sp³-hybridized carbons (Fsp3) is 0.571. The van der Waals surface area contributed by atoms with Crippen LogP contribution in [-0.4, -0.2) is 25.5 Å². The molecule has 0 aromatic carbocycles. The van der Waals surface area contributed by atoms with Crippen LogP contribution in [0.15, 0.2) is 0 Å². The van der Waals surface area contributed by atoms with Crippen molar-refractivity contribution in [2.45, 2.75) is 27.2 Å². The first-order valence-corrected chi connectivity index (χ1v) is 7.52. The van der Waals surface area contributed by atoms with Crippen molar-refractivity contribution in [2.75, 3.05) is 30.8 Å². The predicted molar refractivity (Wildman–Crippen MR) is 82.2 cm³/mol. The highest BCUT2D eigenvalue weighted by Gasteiger charge is 2.22. The maximum atomic E-state index is 12.0. The van der Waals surface area contributed by atoms with Crippen molar-refractivity contribution >= 4 is 27.8 Å². The number of hydrogen-bond acceptors (Lipinski definition) is 6. The summed E-state index contributed by atoms with van der Waals surface area (Å²) in [5, 5.41) is 13.0. The van der Waals surface area contributed by atoms with E-state index in [1.807, 2.05) is 20.8 Å². The third-order valence-electron chi connectivity index (χ3n) is 2.76. The monoisotopic (exact) mass is 295 g/mol. The number of hydrogen-bond donors (Lipinski definition) is 2. The molecule has 0 atom stereocenters. The highest BCUT2D eigenvalue weighted by atomic mass is 32.1. The first kappa shape index (κ1) is 16.5. The van der Waals surface area contributed by atoms with Gasteiger partial charge in [0.2, 0.25) is 0 Å². The first-order valence-electron chi connectivity index (χ1n) is 6.71. The molecule has 0 aliphatic carbocycles. The number of nitrogens with two attached hydrogens (primary N) is 1. The number of Topliss-reactive ketones (excluding diaryl/α,β-unsaturated/α-hetero) is 1. The van der Waals surface area contributed by atoms with Crippen molar-refractivity contribution in [1.29, 1.82) is 5.26 Å². The maximum Gasteiger partial charge on any atom is 0.177 e. The molecular formula is C14H21N3O2S. The van der Waals surface area contributed by atoms with Crippen LogP contribution in [0, 0.1) is 17.2 Å². The number of rotatable bonds is 8. The van der Waals surface area contributed by atoms with E-state index in [4.69, 9.17) is 10.5 Å². The average molecular weight is 295 g/mol. The third kappa shape index (κ3) is 3.95. The molecule has 0 spiro atoms. The quantitative estimate of drug-likeness (QED) is 0.568. The SMILES string of the molecule is CCOCCCNc1sc(C(=O)C(C)C)c(N)c1C#N. The molecule has 0 saturated carbocycles. The largest absolute Gasteiger partial charge is 0.396 e. The van der Waals surface area contributed by atoms with Crippen molar-refractivity contribution in [3.8, 4) is 6.07 Å². The van der Waals surface area contributed by atoms with Gasteiger partial charge in [-0.2, -0.15) is 5.26 Å². The van der Waals surface area contributed by atoms with Gasteiger partial charge in [-0.15, -0.1) is 11.3 Å². The summed E-state index contributed by atoms with van der Waals surface area (Å²) in [6.45, 7) is 7.65. The normalized spacial score (nSPS) is 10.6. The standard InChI is InChI=1S/C14H21N3O2S/c1-4-19-7-5-6-17-14-10(8-15)11(16)13(20-14)12(18)9(2)3/h9,17H,4-7,16H2,1-3H3. The molecule has 6 heteroatoms. The van der Waals surface area contributed by atoms with Gasteiger partial charge in [0.05, 0.1) is 10.6 Å². The Balaban J connectivity index is 2.79. The number of carbonyl (C=O) groups excluding carboxylic acids is 1. The van der Waals surface area contributed by atoms with Crippen molar-refractivity contribution in [3.63, 3.8) is 0 Å². The molecule has 3 N–H and O–H groups in total. The van der Waals surface area contributed by atoms with Gasteiger partial charge in [-0.05, 0) is 13.3 Å². The minimum atomic E-state index is -0.131. The van der Waals surface area contributed by atoms with Crippen molar-refractivity contribution in [1.82, 2.24) is 0 Å². The molecule has 20 heavy (non-hydrogen) atoms. The second-order valence-electron chi connectivity index (χ2n) is 4.66. The lowest BCUT2D eigenvalue weighted by Gasteiger charge is -2.04. The second kappa shape index (κ2) is 7.88. The summed E-state index contributed by atoms with van der Waals surface area (Å²) in [5.41, 5.74) is 6.57. The number of nitrogens with one attached hydrogen (secondary N) is 1. The number of thiophene rings is 1. The molecular weight excluding hydrogens is 274 g/mol. The van der Waals surface area contributed by atoms with Crippen LogP contribution >= 0.6 is 11.3 Å². The molecule has 1 aromatic rings. The number of ether oxygens (including phenoxy) is 1. The van der Waals surface area contributed by atoms with Crippen LogP contribution in [0.5, 0.6) is 0 Å². The number of nitrogen functional groups attached to an aromatic ring is 1. The molecule has 5 nitrogen and oxygen atoms in total. The predicted octanol–water partition coefficient (Wildman–Crippen LogP) is 2.88. The van der Waals surface area contributed by atoms with Crippen LogP contribution in [0.25, 0.3) is 0 Å². The minimum absolute atomic E-state index is 0.0219. The van der Waals surface area contributed by atoms with Crippen LogP contribution in [0.1, 0.15) is 42.4 Å². The van der Waals surface area contributed by atoms with Crippen molar-refractivity contribution in [3.05, 3.63) is 10.4 Å². The van der Waals surface area contributed by atoms with E-state index in [1.165, 1.54) is 11.3 Å². The zero-order valence-corrected chi connectivity index (χ0v) is 13.0. The summed E-state index contributed by atoms with van der Waals surface area (Å²) in [6, 6.07) is 2.07. The van der Waals surface area contributed by atoms with Crippen LogP contribution < -0.4 is 11.1 Å². The van der Waals surface area contributed by atoms with Crippen LogP contribution in [0.2, 0.25) is 0 Å². The smallest absolute Gasteiger partial charge is 0.177 e. The third-order valence-corrected chi connectivity index (χ3v) is 3.94. The van der Waals surface area contributed by atoms with Crippen molar-refractivity contribution < 1.29 is 9.53 Å². The Labute approximate surface area is 123 Å². The van der Waals surface area contributed by atoms with E-state index in [1.54, 1.807) is 0 Å². The Hall–Kier alpha value is -1.58. The lowest BCUT2D eigenvalue weighted by atomic mass is 10.1. The molecule has 110 valence electrons. The number of anilines is 2. The topological polar surface area (TPSA) is 88.1 Å². The highest BCUT2D eigenvalue weighted by molar-refractivity contribution is 7.19. The number of carbonyl (C=O) groups is 1. The van der Waals surface area contributed by atoms with Crippen molar-refractivity contribution in [2.24, 2.45) is 5.92 Å². The Morgan fingerprint density at radius 2 is 2.25 bits per heavy atom. The van der Waals surface area contributed by atoms with E-state index >= 15 is 0 Å². The Morgan fingerprint density at radius 1 is 1.55 bits per heavy atom. The fourth-order valence-electron chi connectivity index (χ4n) is 1.65. The average Bonchev–Trinajstić information content (AvgIpc) is 2.73. The van der Waals surface area contributed by atoms with Gasteiger partial charge in [-0.25, -0.2) is 0 Å². The van der Waals surface area contributed by atoms with Gasteiger partial charge in [0.25, 0.3) is 0 Å². The summed E-state index contributed by atoms with van der Waals surface area (Å²) in [6.07, 6.45) is 0.837. The van der Waals surface area contributed by atoms with E-state index in [0.29, 0.717) is 40.9 Å². The van der Waals surface area contributed by atoms with Gasteiger partial charge in [-0.3, -0.25) is 4.79 Å². The summed E-state index contributed by atoms with van der Waals surface area (Å²) in [5.74, 6) is -0.153. The molecule has 0 fully saturated rings. The van der Waals surface area contributed by atoms with Crippen LogP contribution in [0.4, 0.5) is 10.7 Å². The van der Waals surface area contributed by atoms with E-state index in [-0.39, 0.29) is 11.7 Å². The minimum Gasteiger partial charge on any atom is -0.396 e. The molecule has 1 heterocycles. The van der Waals surface area contributed by atoms with Crippen LogP contribution in [0.3, 0.4) is 0 Å². The van der Waals surface area contributed by atoms with Gasteiger partial charge in [0.15, 0.2) is 5.78 Å². The van der Waals surface area contributed by atoms with Gasteiger partial charge < -0.3 is 15.8 Å². The summed E-state index contributed by atoms with van der Waals surface area (Å²) in [7, 11) is 0. The summed E-state index contributed by atoms with van der Waals surface area (Å²) >= 11 is 1.26. The zero-order valence-electron chi connectivity index (χ0n) is 12.2. The van der Waals surface area contributed by atoms with Gasteiger partial charge in [-0.1, -0.05) is 13.8 Å². The maximum absolute atomic E-state index is 12.0. The zero-order chi connectivity index (χ0) is 15.1. The summed E-state index contributed by atoms with van der Waals surface area (Å²) < 4.78 is 5.25. The second-order valence-corrected chi connectivity index (χ2v) is 5.68. The molecule has 1 aromatic heterocycles. The lowest BCUT2D eigenvalue weighted by molar-refractivity contribution is 0.0944. The van der Waals surface area contributed by atoms with Crippen LogP contribution in [-0.2, 0) is 4.74 Å². The van der Waals surface area contributed by atoms with E-state index < -0.39 is 0 Å². The lowest BCUT2D eigenvalue weighted by Crippen LogP contribution is -2.07. The Bertz CT molecular complexity index is 503. The van der Waals surface area contributed by atoms with Gasteiger partial charge in [0, 0.05) is 25.7 Å². The molecule has 0 radical (unpaired) electrons. The highest BCUT2D eigenvalue weighted by Crippen LogP contribution is 2.36. The summed E-state index contributed by atoms with van der Waals surface area (Å²) in [4.78, 5) is 12.5. The van der Waals surface area contributed by atoms with Gasteiger partial charge >= 0.3 is 0 Å². The number of nitriles is 1. The molecule has 0 aliphatic rings. The Morgan fingerprint density at radius 3 is 2.80 bits per heavy atom. The number of nitrogens with zero attached hydrogens (tertiary/aromatic N) is 1. The molecule has 0 saturated heterocycles.